The van der Waals surface area contributed by atoms with Crippen molar-refractivity contribution in [2.75, 3.05) is 0 Å². The van der Waals surface area contributed by atoms with E-state index < -0.39 is 20.6 Å². The number of aryl methyl sites for hydroxylation is 2. The SMILES string of the molecule is Cc1ccc(C)c(S(=O)(=O)C2(C(=O)OCc3cc(=O)n4ccsc4n3)CCCC2)c1. The van der Waals surface area contributed by atoms with Gasteiger partial charge in [-0.2, -0.15) is 0 Å². The van der Waals surface area contributed by atoms with Gasteiger partial charge in [0.15, 0.2) is 19.5 Å². The molecule has 1 fully saturated rings. The van der Waals surface area contributed by atoms with E-state index in [1.54, 1.807) is 30.6 Å². The highest BCUT2D eigenvalue weighted by atomic mass is 32.2. The summed E-state index contributed by atoms with van der Waals surface area (Å²) in [5, 5.41) is 1.74. The predicted molar refractivity (Wildman–Crippen MR) is 113 cm³/mol. The quantitative estimate of drug-likeness (QED) is 0.559. The molecule has 9 heteroatoms. The molecule has 1 aromatic carbocycles. The highest BCUT2D eigenvalue weighted by molar-refractivity contribution is 7.93. The lowest BCUT2D eigenvalue weighted by atomic mass is 10.1. The third-order valence-electron chi connectivity index (χ3n) is 5.64. The van der Waals surface area contributed by atoms with Gasteiger partial charge >= 0.3 is 5.97 Å². The van der Waals surface area contributed by atoms with Crippen LogP contribution in [0.25, 0.3) is 4.96 Å². The van der Waals surface area contributed by atoms with E-state index in [0.29, 0.717) is 29.1 Å². The molecule has 0 bridgehead atoms. The zero-order valence-electron chi connectivity index (χ0n) is 16.8. The summed E-state index contributed by atoms with van der Waals surface area (Å²) in [6.07, 6.45) is 3.35. The second-order valence-corrected chi connectivity index (χ2v) is 10.8. The maximum atomic E-state index is 13.6. The first-order valence-electron chi connectivity index (χ1n) is 9.69. The Morgan fingerprint density at radius 2 is 1.97 bits per heavy atom. The van der Waals surface area contributed by atoms with Crippen LogP contribution < -0.4 is 5.56 Å². The van der Waals surface area contributed by atoms with Gasteiger partial charge in [0.25, 0.3) is 5.56 Å². The summed E-state index contributed by atoms with van der Waals surface area (Å²) in [5.74, 6) is -0.769. The van der Waals surface area contributed by atoms with Crippen molar-refractivity contribution in [3.8, 4) is 0 Å². The number of hydrogen-bond donors (Lipinski definition) is 0. The summed E-state index contributed by atoms with van der Waals surface area (Å²) in [6.45, 7) is 3.31. The molecule has 4 rings (SSSR count). The molecule has 0 spiro atoms. The maximum absolute atomic E-state index is 13.6. The fraction of sp³-hybridized carbons (Fsp3) is 0.381. The minimum atomic E-state index is -3.95. The maximum Gasteiger partial charge on any atom is 0.328 e. The van der Waals surface area contributed by atoms with Gasteiger partial charge in [-0.15, -0.1) is 11.3 Å². The number of ether oxygens (including phenoxy) is 1. The number of hydrogen-bond acceptors (Lipinski definition) is 7. The first kappa shape index (κ1) is 20.7. The highest BCUT2D eigenvalue weighted by Crippen LogP contribution is 2.42. The lowest BCUT2D eigenvalue weighted by Crippen LogP contribution is -2.45. The molecule has 3 aromatic rings. The minimum Gasteiger partial charge on any atom is -0.458 e. The van der Waals surface area contributed by atoms with Gasteiger partial charge in [0.2, 0.25) is 0 Å². The number of thiazole rings is 1. The van der Waals surface area contributed by atoms with Crippen molar-refractivity contribution in [3.05, 3.63) is 63.0 Å². The van der Waals surface area contributed by atoms with Gasteiger partial charge in [-0.3, -0.25) is 14.0 Å². The molecule has 158 valence electrons. The summed E-state index contributed by atoms with van der Waals surface area (Å²) in [7, 11) is -3.95. The number of sulfone groups is 1. The molecule has 1 aliphatic rings. The Morgan fingerprint density at radius 1 is 1.23 bits per heavy atom. The smallest absolute Gasteiger partial charge is 0.328 e. The molecule has 0 amide bonds. The number of nitrogens with zero attached hydrogens (tertiary/aromatic N) is 2. The number of esters is 1. The third kappa shape index (κ3) is 3.35. The van der Waals surface area contributed by atoms with Crippen LogP contribution in [0.3, 0.4) is 0 Å². The van der Waals surface area contributed by atoms with Gasteiger partial charge in [0, 0.05) is 17.6 Å². The van der Waals surface area contributed by atoms with Gasteiger partial charge in [-0.25, -0.2) is 13.4 Å². The molecule has 0 unspecified atom stereocenters. The summed E-state index contributed by atoms with van der Waals surface area (Å²) < 4.78 is 32.5. The zero-order valence-corrected chi connectivity index (χ0v) is 18.4. The molecule has 0 radical (unpaired) electrons. The average molecular weight is 447 g/mol. The van der Waals surface area contributed by atoms with Crippen molar-refractivity contribution < 1.29 is 17.9 Å². The normalized spacial score (nSPS) is 16.1. The number of aromatic nitrogens is 2. The Balaban J connectivity index is 1.65. The summed E-state index contributed by atoms with van der Waals surface area (Å²) in [6, 6.07) is 6.52. The standard InChI is InChI=1S/C21H22N2O5S2/c1-14-5-6-15(2)17(11-14)30(26,27)21(7-3-4-8-21)19(25)28-13-16-12-18(24)23-9-10-29-20(23)22-16/h5-6,9-12H,3-4,7-8,13H2,1-2H3. The van der Waals surface area contributed by atoms with Crippen molar-refractivity contribution in [2.45, 2.75) is 55.8 Å². The number of carbonyl (C=O) groups excluding carboxylic acids is 1. The Labute approximate surface area is 178 Å². The lowest BCUT2D eigenvalue weighted by molar-refractivity contribution is -0.148. The van der Waals surface area contributed by atoms with Crippen LogP contribution in [0.4, 0.5) is 0 Å². The first-order valence-corrected chi connectivity index (χ1v) is 12.1. The molecule has 2 heterocycles. The van der Waals surface area contributed by atoms with Crippen LogP contribution in [0.15, 0.2) is 45.5 Å². The van der Waals surface area contributed by atoms with Crippen molar-refractivity contribution in [1.82, 2.24) is 9.38 Å². The second kappa shape index (κ2) is 7.63. The number of carbonyl (C=O) groups is 1. The summed E-state index contributed by atoms with van der Waals surface area (Å²) in [4.78, 5) is 30.3. The molecule has 0 N–H and O–H groups in total. The van der Waals surface area contributed by atoms with E-state index in [-0.39, 0.29) is 29.9 Å². The lowest BCUT2D eigenvalue weighted by Gasteiger charge is -2.27. The van der Waals surface area contributed by atoms with Crippen LogP contribution in [-0.4, -0.2) is 28.5 Å². The Kier molecular flexibility index (Phi) is 5.27. The molecule has 1 saturated carbocycles. The number of rotatable bonds is 5. The molecule has 0 atom stereocenters. The van der Waals surface area contributed by atoms with Gasteiger partial charge in [-0.1, -0.05) is 25.0 Å². The van der Waals surface area contributed by atoms with E-state index in [0.717, 1.165) is 5.56 Å². The van der Waals surface area contributed by atoms with E-state index in [4.69, 9.17) is 4.74 Å². The summed E-state index contributed by atoms with van der Waals surface area (Å²) >= 11 is 1.29. The first-order chi connectivity index (χ1) is 14.2. The largest absolute Gasteiger partial charge is 0.458 e. The van der Waals surface area contributed by atoms with E-state index in [1.807, 2.05) is 13.0 Å². The Hall–Kier alpha value is -2.52. The van der Waals surface area contributed by atoms with Gasteiger partial charge in [0.05, 0.1) is 10.6 Å². The van der Waals surface area contributed by atoms with Crippen LogP contribution in [-0.2, 0) is 26.0 Å². The Bertz CT molecular complexity index is 1280. The van der Waals surface area contributed by atoms with Crippen LogP contribution in [0.5, 0.6) is 0 Å². The second-order valence-electron chi connectivity index (χ2n) is 7.69. The fourth-order valence-corrected chi connectivity index (χ4v) is 7.07. The van der Waals surface area contributed by atoms with Crippen LogP contribution in [0, 0.1) is 13.8 Å². The number of fused-ring (bicyclic) bond motifs is 1. The molecule has 7 nitrogen and oxygen atoms in total. The van der Waals surface area contributed by atoms with E-state index in [9.17, 15) is 18.0 Å². The van der Waals surface area contributed by atoms with Gasteiger partial charge in [-0.05, 0) is 43.9 Å². The molecule has 2 aromatic heterocycles. The zero-order chi connectivity index (χ0) is 21.5. The molecular formula is C21H22N2O5S2. The highest BCUT2D eigenvalue weighted by Gasteiger charge is 2.54. The van der Waals surface area contributed by atoms with E-state index >= 15 is 0 Å². The average Bonchev–Trinajstić information content (AvgIpc) is 3.38. The Morgan fingerprint density at radius 3 is 2.70 bits per heavy atom. The van der Waals surface area contributed by atoms with Gasteiger partial charge in [0.1, 0.15) is 6.61 Å². The van der Waals surface area contributed by atoms with Crippen LogP contribution in [0.1, 0.15) is 42.5 Å². The van der Waals surface area contributed by atoms with Crippen LogP contribution in [0.2, 0.25) is 0 Å². The number of benzene rings is 1. The third-order valence-corrected chi connectivity index (χ3v) is 9.02. The van der Waals surface area contributed by atoms with Gasteiger partial charge < -0.3 is 4.74 Å². The van der Waals surface area contributed by atoms with Crippen molar-refractivity contribution in [1.29, 1.82) is 0 Å². The van der Waals surface area contributed by atoms with E-state index in [1.165, 1.54) is 21.8 Å². The van der Waals surface area contributed by atoms with Crippen molar-refractivity contribution in [2.24, 2.45) is 0 Å². The summed E-state index contributed by atoms with van der Waals surface area (Å²) in [5.41, 5.74) is 1.45. The monoisotopic (exact) mass is 446 g/mol. The fourth-order valence-electron chi connectivity index (χ4n) is 3.97. The topological polar surface area (TPSA) is 94.8 Å². The molecular weight excluding hydrogens is 424 g/mol. The predicted octanol–water partition coefficient (Wildman–Crippen LogP) is 3.20. The van der Waals surface area contributed by atoms with Crippen molar-refractivity contribution >= 4 is 32.1 Å². The van der Waals surface area contributed by atoms with Crippen molar-refractivity contribution in [3.63, 3.8) is 0 Å². The molecule has 0 saturated heterocycles. The minimum absolute atomic E-state index is 0.178. The van der Waals surface area contributed by atoms with E-state index in [2.05, 4.69) is 4.98 Å². The molecule has 0 aliphatic heterocycles. The van der Waals surface area contributed by atoms with Crippen LogP contribution >= 0.6 is 11.3 Å². The molecule has 30 heavy (non-hydrogen) atoms. The molecule has 1 aliphatic carbocycles.